The second kappa shape index (κ2) is 5.41. The minimum Gasteiger partial charge on any atom is -0.508 e. The van der Waals surface area contributed by atoms with E-state index in [1.165, 1.54) is 49.9 Å². The van der Waals surface area contributed by atoms with Gasteiger partial charge >= 0.3 is 0 Å². The van der Waals surface area contributed by atoms with Gasteiger partial charge in [-0.15, -0.1) is 0 Å². The minimum atomic E-state index is 0.275. The van der Waals surface area contributed by atoms with Gasteiger partial charge in [0.15, 0.2) is 0 Å². The van der Waals surface area contributed by atoms with Crippen LogP contribution in [0.2, 0.25) is 0 Å². The molecule has 3 nitrogen and oxygen atoms in total. The third-order valence-electron chi connectivity index (χ3n) is 4.90. The zero-order valence-corrected chi connectivity index (χ0v) is 11.6. The molecule has 0 radical (unpaired) electrons. The van der Waals surface area contributed by atoms with Crippen molar-refractivity contribution in [1.82, 2.24) is 0 Å². The van der Waals surface area contributed by atoms with E-state index in [4.69, 9.17) is 4.74 Å². The summed E-state index contributed by atoms with van der Waals surface area (Å²) in [5.41, 5.74) is 0. The van der Waals surface area contributed by atoms with Crippen LogP contribution in [-0.2, 0) is 0 Å². The summed E-state index contributed by atoms with van der Waals surface area (Å²) >= 11 is 0. The van der Waals surface area contributed by atoms with E-state index >= 15 is 0 Å². The van der Waals surface area contributed by atoms with Gasteiger partial charge in [-0.3, -0.25) is 0 Å². The summed E-state index contributed by atoms with van der Waals surface area (Å²) in [5.74, 6) is 2.08. The standard InChI is InChI=1S/C16H23NO2/c18-15-3-1-4-16(13-15)19-12-2-8-17-9-5-14(6-10-17)7-11-17/h1,3-4,13-14H,2,5-12H2/p+1. The molecule has 3 fully saturated rings. The van der Waals surface area contributed by atoms with Gasteiger partial charge in [-0.2, -0.15) is 0 Å². The normalized spacial score (nSPS) is 29.4. The van der Waals surface area contributed by atoms with Gasteiger partial charge in [-0.05, 0) is 37.3 Å². The van der Waals surface area contributed by atoms with Crippen molar-refractivity contribution in [3.05, 3.63) is 24.3 Å². The highest BCUT2D eigenvalue weighted by atomic mass is 16.5. The Morgan fingerprint density at radius 1 is 1.16 bits per heavy atom. The third-order valence-corrected chi connectivity index (χ3v) is 4.90. The molecule has 4 rings (SSSR count). The fraction of sp³-hybridized carbons (Fsp3) is 0.625. The van der Waals surface area contributed by atoms with Gasteiger partial charge in [-0.25, -0.2) is 0 Å². The zero-order chi connectivity index (χ0) is 13.1. The molecule has 1 aromatic carbocycles. The van der Waals surface area contributed by atoms with Crippen molar-refractivity contribution in [3.8, 4) is 11.5 Å². The van der Waals surface area contributed by atoms with Crippen molar-refractivity contribution >= 4 is 0 Å². The van der Waals surface area contributed by atoms with E-state index in [1.807, 2.05) is 12.1 Å². The lowest BCUT2D eigenvalue weighted by Gasteiger charge is -2.49. The molecule has 1 N–H and O–H groups in total. The molecule has 0 spiro atoms. The number of aromatic hydroxyl groups is 1. The SMILES string of the molecule is Oc1cccc(OCCC[N+]23CCC(CC2)CC3)c1. The third kappa shape index (κ3) is 3.03. The van der Waals surface area contributed by atoms with Gasteiger partial charge in [0.2, 0.25) is 0 Å². The number of hydrogen-bond acceptors (Lipinski definition) is 2. The maximum atomic E-state index is 9.37. The number of fused-ring (bicyclic) bond motifs is 3. The molecule has 3 heterocycles. The van der Waals surface area contributed by atoms with Crippen molar-refractivity contribution < 1.29 is 14.3 Å². The van der Waals surface area contributed by atoms with Crippen LogP contribution in [0.15, 0.2) is 24.3 Å². The molecular weight excluding hydrogens is 238 g/mol. The van der Waals surface area contributed by atoms with E-state index in [0.29, 0.717) is 0 Å². The summed E-state index contributed by atoms with van der Waals surface area (Å²) < 4.78 is 7.04. The minimum absolute atomic E-state index is 0.275. The number of hydrogen-bond donors (Lipinski definition) is 1. The summed E-state index contributed by atoms with van der Waals surface area (Å²) in [6, 6.07) is 7.07. The van der Waals surface area contributed by atoms with Crippen molar-refractivity contribution in [2.24, 2.45) is 5.92 Å². The average molecular weight is 262 g/mol. The number of phenols is 1. The number of quaternary nitrogens is 1. The van der Waals surface area contributed by atoms with Crippen LogP contribution < -0.4 is 4.74 Å². The predicted octanol–water partition coefficient (Wildman–Crippen LogP) is 2.79. The van der Waals surface area contributed by atoms with Crippen LogP contribution in [0.5, 0.6) is 11.5 Å². The quantitative estimate of drug-likeness (QED) is 0.653. The van der Waals surface area contributed by atoms with Crippen molar-refractivity contribution in [3.63, 3.8) is 0 Å². The predicted molar refractivity (Wildman–Crippen MR) is 75.3 cm³/mol. The highest BCUT2D eigenvalue weighted by Crippen LogP contribution is 2.33. The maximum Gasteiger partial charge on any atom is 0.122 e. The lowest BCUT2D eigenvalue weighted by molar-refractivity contribution is -0.942. The van der Waals surface area contributed by atoms with Crippen molar-refractivity contribution in [2.75, 3.05) is 32.8 Å². The number of ether oxygens (including phenoxy) is 1. The summed E-state index contributed by atoms with van der Waals surface area (Å²) in [5, 5.41) is 9.37. The monoisotopic (exact) mass is 262 g/mol. The molecule has 104 valence electrons. The number of rotatable bonds is 5. The van der Waals surface area contributed by atoms with Crippen LogP contribution in [0.4, 0.5) is 0 Å². The van der Waals surface area contributed by atoms with Gasteiger partial charge < -0.3 is 14.3 Å². The molecule has 19 heavy (non-hydrogen) atoms. The molecular formula is C16H24NO2+. The Morgan fingerprint density at radius 3 is 2.58 bits per heavy atom. The van der Waals surface area contributed by atoms with E-state index in [-0.39, 0.29) is 5.75 Å². The second-order valence-electron chi connectivity index (χ2n) is 6.17. The van der Waals surface area contributed by atoms with E-state index in [0.717, 1.165) is 24.7 Å². The molecule has 0 amide bonds. The van der Waals surface area contributed by atoms with Crippen LogP contribution in [0, 0.1) is 5.92 Å². The highest BCUT2D eigenvalue weighted by Gasteiger charge is 2.38. The molecule has 1 aromatic rings. The summed E-state index contributed by atoms with van der Waals surface area (Å²) in [7, 11) is 0. The largest absolute Gasteiger partial charge is 0.508 e. The Hall–Kier alpha value is -1.22. The topological polar surface area (TPSA) is 29.5 Å². The van der Waals surface area contributed by atoms with Crippen molar-refractivity contribution in [2.45, 2.75) is 25.7 Å². The zero-order valence-electron chi connectivity index (χ0n) is 11.6. The first-order valence-corrected chi connectivity index (χ1v) is 7.53. The van der Waals surface area contributed by atoms with E-state index < -0.39 is 0 Å². The summed E-state index contributed by atoms with van der Waals surface area (Å²) in [6.45, 7) is 6.17. The Bertz CT molecular complexity index is 411. The van der Waals surface area contributed by atoms with Crippen LogP contribution in [-0.4, -0.2) is 42.4 Å². The van der Waals surface area contributed by atoms with E-state index in [1.54, 1.807) is 12.1 Å². The lowest BCUT2D eigenvalue weighted by Crippen LogP contribution is -2.58. The first-order valence-electron chi connectivity index (χ1n) is 7.53. The van der Waals surface area contributed by atoms with Crippen molar-refractivity contribution in [1.29, 1.82) is 0 Å². The van der Waals surface area contributed by atoms with Gasteiger partial charge in [0.1, 0.15) is 11.5 Å². The Kier molecular flexibility index (Phi) is 3.65. The molecule has 3 aliphatic heterocycles. The maximum absolute atomic E-state index is 9.37. The number of benzene rings is 1. The van der Waals surface area contributed by atoms with Gasteiger partial charge in [0.25, 0.3) is 0 Å². The average Bonchev–Trinajstić information content (AvgIpc) is 2.46. The Morgan fingerprint density at radius 2 is 1.89 bits per heavy atom. The van der Waals surface area contributed by atoms with E-state index in [9.17, 15) is 5.11 Å². The van der Waals surface area contributed by atoms with Gasteiger partial charge in [-0.1, -0.05) is 6.07 Å². The molecule has 2 bridgehead atoms. The second-order valence-corrected chi connectivity index (χ2v) is 6.17. The van der Waals surface area contributed by atoms with Gasteiger partial charge in [0, 0.05) is 12.5 Å². The molecule has 0 unspecified atom stereocenters. The smallest absolute Gasteiger partial charge is 0.122 e. The van der Waals surface area contributed by atoms with Gasteiger partial charge in [0.05, 0.1) is 32.8 Å². The summed E-state index contributed by atoms with van der Waals surface area (Å²) in [6.07, 6.45) is 5.43. The fourth-order valence-electron chi connectivity index (χ4n) is 3.64. The Balaban J connectivity index is 1.43. The van der Waals surface area contributed by atoms with Crippen LogP contribution in [0.25, 0.3) is 0 Å². The first kappa shape index (κ1) is 12.8. The van der Waals surface area contributed by atoms with Crippen LogP contribution >= 0.6 is 0 Å². The number of nitrogens with zero attached hydrogens (tertiary/aromatic N) is 1. The molecule has 3 aliphatic rings. The molecule has 0 saturated carbocycles. The highest BCUT2D eigenvalue weighted by molar-refractivity contribution is 5.31. The Labute approximate surface area is 115 Å². The van der Waals surface area contributed by atoms with E-state index in [2.05, 4.69) is 0 Å². The molecule has 0 aliphatic carbocycles. The number of piperidine rings is 3. The fourth-order valence-corrected chi connectivity index (χ4v) is 3.64. The summed E-state index contributed by atoms with van der Waals surface area (Å²) in [4.78, 5) is 0. The molecule has 0 aromatic heterocycles. The first-order chi connectivity index (χ1) is 9.26. The molecule has 0 atom stereocenters. The number of phenolic OH excluding ortho intramolecular Hbond substituents is 1. The van der Waals surface area contributed by atoms with Crippen LogP contribution in [0.1, 0.15) is 25.7 Å². The van der Waals surface area contributed by atoms with Crippen LogP contribution in [0.3, 0.4) is 0 Å². The lowest BCUT2D eigenvalue weighted by atomic mass is 9.85. The molecule has 3 saturated heterocycles. The molecule has 3 heteroatoms.